The molecule has 0 aliphatic carbocycles. The average Bonchev–Trinajstić information content (AvgIpc) is 3.06. The molecule has 1 aromatic heterocycles. The topological polar surface area (TPSA) is 95.2 Å². The number of amides is 1. The molecule has 2 N–H and O–H groups in total. The van der Waals surface area contributed by atoms with Gasteiger partial charge >= 0.3 is 0 Å². The largest absolute Gasteiger partial charge is 0.345 e. The van der Waals surface area contributed by atoms with Crippen molar-refractivity contribution in [2.45, 2.75) is 24.8 Å². The predicted molar refractivity (Wildman–Crippen MR) is 104 cm³/mol. The van der Waals surface area contributed by atoms with Crippen molar-refractivity contribution >= 4 is 27.0 Å². The van der Waals surface area contributed by atoms with E-state index in [9.17, 15) is 13.2 Å². The highest BCUT2D eigenvalue weighted by Crippen LogP contribution is 2.17. The second-order valence-electron chi connectivity index (χ2n) is 6.50. The van der Waals surface area contributed by atoms with E-state index in [4.69, 9.17) is 0 Å². The van der Waals surface area contributed by atoms with Crippen molar-refractivity contribution in [3.8, 4) is 0 Å². The van der Waals surface area contributed by atoms with E-state index in [1.54, 1.807) is 19.1 Å². The van der Waals surface area contributed by atoms with Gasteiger partial charge in [0.1, 0.15) is 5.82 Å². The highest BCUT2D eigenvalue weighted by molar-refractivity contribution is 7.89. The van der Waals surface area contributed by atoms with Gasteiger partial charge in [-0.05, 0) is 38.1 Å². The summed E-state index contributed by atoms with van der Waals surface area (Å²) < 4.78 is 26.2. The summed E-state index contributed by atoms with van der Waals surface area (Å²) in [6.45, 7) is 3.40. The van der Waals surface area contributed by atoms with E-state index >= 15 is 0 Å². The van der Waals surface area contributed by atoms with Crippen molar-refractivity contribution in [3.05, 3.63) is 59.9 Å². The van der Waals surface area contributed by atoms with Crippen LogP contribution in [0.4, 0.5) is 0 Å². The number of likely N-dealkylation sites (N-methyl/N-ethyl adjacent to an activating group) is 1. The Hall–Kier alpha value is -2.71. The number of nitrogens with one attached hydrogen (secondary N) is 2. The van der Waals surface area contributed by atoms with E-state index in [2.05, 4.69) is 15.3 Å². The molecule has 0 aliphatic rings. The lowest BCUT2D eigenvalue weighted by Gasteiger charge is -2.18. The van der Waals surface area contributed by atoms with Crippen molar-refractivity contribution in [2.75, 3.05) is 13.6 Å². The Morgan fingerprint density at radius 1 is 1.19 bits per heavy atom. The van der Waals surface area contributed by atoms with Crippen LogP contribution in [0.5, 0.6) is 0 Å². The standard InChI is InChI=1S/C19H22N4O3S/c1-13-8-10-15(11-9-13)27(25,26)23(3)12-18(24)20-14(2)19-21-16-6-4-5-7-17(16)22-19/h4-11,14H,12H2,1-3H3,(H,20,24)(H,21,22)/t14-/m0/s1. The summed E-state index contributed by atoms with van der Waals surface area (Å²) in [5.74, 6) is 0.217. The molecule has 27 heavy (non-hydrogen) atoms. The lowest BCUT2D eigenvalue weighted by molar-refractivity contribution is -0.121. The number of aryl methyl sites for hydroxylation is 1. The van der Waals surface area contributed by atoms with Gasteiger partial charge in [-0.25, -0.2) is 13.4 Å². The molecule has 142 valence electrons. The number of hydrogen-bond acceptors (Lipinski definition) is 4. The van der Waals surface area contributed by atoms with Crippen LogP contribution in [0.1, 0.15) is 24.4 Å². The summed E-state index contributed by atoms with van der Waals surface area (Å²) in [7, 11) is -2.33. The zero-order chi connectivity index (χ0) is 19.6. The molecule has 8 heteroatoms. The first-order valence-electron chi connectivity index (χ1n) is 8.54. The Morgan fingerprint density at radius 3 is 2.52 bits per heavy atom. The third-order valence-electron chi connectivity index (χ3n) is 4.29. The normalized spacial score (nSPS) is 13.0. The third-order valence-corrected chi connectivity index (χ3v) is 6.11. The minimum absolute atomic E-state index is 0.161. The van der Waals surface area contributed by atoms with Crippen LogP contribution in [0.3, 0.4) is 0 Å². The summed E-state index contributed by atoms with van der Waals surface area (Å²) in [6.07, 6.45) is 0. The average molecular weight is 386 g/mol. The first kappa shape index (κ1) is 19.1. The predicted octanol–water partition coefficient (Wildman–Crippen LogP) is 2.37. The first-order valence-corrected chi connectivity index (χ1v) is 9.98. The Balaban J connectivity index is 1.66. The Bertz CT molecular complexity index is 1030. The number of para-hydroxylation sites is 2. The Kier molecular flexibility index (Phi) is 5.29. The SMILES string of the molecule is Cc1ccc(S(=O)(=O)N(C)CC(=O)N[C@@H](C)c2nc3ccccc3[nH]2)cc1. The zero-order valence-electron chi connectivity index (χ0n) is 15.4. The van der Waals surface area contributed by atoms with E-state index in [-0.39, 0.29) is 17.5 Å². The number of H-pyrrole nitrogens is 1. The highest BCUT2D eigenvalue weighted by Gasteiger charge is 2.24. The fraction of sp³-hybridized carbons (Fsp3) is 0.263. The van der Waals surface area contributed by atoms with Gasteiger partial charge < -0.3 is 10.3 Å². The van der Waals surface area contributed by atoms with Crippen molar-refractivity contribution in [3.63, 3.8) is 0 Å². The monoisotopic (exact) mass is 386 g/mol. The van der Waals surface area contributed by atoms with Gasteiger partial charge in [-0.1, -0.05) is 29.8 Å². The number of imidazole rings is 1. The fourth-order valence-corrected chi connectivity index (χ4v) is 3.84. The quantitative estimate of drug-likeness (QED) is 0.680. The van der Waals surface area contributed by atoms with Crippen LogP contribution in [0.15, 0.2) is 53.4 Å². The summed E-state index contributed by atoms with van der Waals surface area (Å²) in [4.78, 5) is 20.1. The van der Waals surface area contributed by atoms with Crippen LogP contribution in [-0.2, 0) is 14.8 Å². The molecule has 0 spiro atoms. The van der Waals surface area contributed by atoms with E-state index in [1.807, 2.05) is 31.2 Å². The second kappa shape index (κ2) is 7.50. The number of carbonyl (C=O) groups is 1. The molecule has 3 aromatic rings. The van der Waals surface area contributed by atoms with E-state index in [1.165, 1.54) is 19.2 Å². The molecular formula is C19H22N4O3S. The van der Waals surface area contributed by atoms with Gasteiger partial charge in [-0.2, -0.15) is 4.31 Å². The molecule has 0 saturated carbocycles. The smallest absolute Gasteiger partial charge is 0.243 e. The summed E-state index contributed by atoms with van der Waals surface area (Å²) in [5, 5.41) is 2.78. The molecule has 7 nitrogen and oxygen atoms in total. The van der Waals surface area contributed by atoms with Crippen LogP contribution < -0.4 is 5.32 Å². The molecule has 1 atom stereocenters. The highest BCUT2D eigenvalue weighted by atomic mass is 32.2. The molecule has 2 aromatic carbocycles. The maximum Gasteiger partial charge on any atom is 0.243 e. The number of rotatable bonds is 6. The molecule has 1 amide bonds. The van der Waals surface area contributed by atoms with Gasteiger partial charge in [0, 0.05) is 7.05 Å². The molecule has 0 bridgehead atoms. The van der Waals surface area contributed by atoms with E-state index < -0.39 is 15.9 Å². The van der Waals surface area contributed by atoms with Crippen molar-refractivity contribution in [1.29, 1.82) is 0 Å². The molecule has 0 fully saturated rings. The Labute approximate surface area is 158 Å². The number of hydrogen-bond donors (Lipinski definition) is 2. The number of sulfonamides is 1. The first-order chi connectivity index (χ1) is 12.8. The fourth-order valence-electron chi connectivity index (χ4n) is 2.71. The van der Waals surface area contributed by atoms with Crippen LogP contribution >= 0.6 is 0 Å². The number of fused-ring (bicyclic) bond motifs is 1. The number of aromatic amines is 1. The van der Waals surface area contributed by atoms with Crippen LogP contribution in [0.25, 0.3) is 11.0 Å². The molecule has 3 rings (SSSR count). The van der Waals surface area contributed by atoms with Gasteiger partial charge in [0.15, 0.2) is 0 Å². The molecule has 1 heterocycles. The summed E-state index contributed by atoms with van der Waals surface area (Å²) in [5.41, 5.74) is 2.66. The van der Waals surface area contributed by atoms with Gasteiger partial charge in [0.05, 0.1) is 28.5 Å². The van der Waals surface area contributed by atoms with Gasteiger partial charge in [-0.3, -0.25) is 4.79 Å². The second-order valence-corrected chi connectivity index (χ2v) is 8.55. The maximum absolute atomic E-state index is 12.6. The number of nitrogens with zero attached hydrogens (tertiary/aromatic N) is 2. The summed E-state index contributed by atoms with van der Waals surface area (Å²) in [6, 6.07) is 13.7. The minimum atomic E-state index is -3.72. The molecule has 0 saturated heterocycles. The minimum Gasteiger partial charge on any atom is -0.345 e. The molecule has 0 aliphatic heterocycles. The zero-order valence-corrected chi connectivity index (χ0v) is 16.2. The summed E-state index contributed by atoms with van der Waals surface area (Å²) >= 11 is 0. The van der Waals surface area contributed by atoms with Crippen molar-refractivity contribution in [2.24, 2.45) is 0 Å². The van der Waals surface area contributed by atoms with Gasteiger partial charge in [-0.15, -0.1) is 0 Å². The lowest BCUT2D eigenvalue weighted by atomic mass is 10.2. The number of benzene rings is 2. The van der Waals surface area contributed by atoms with E-state index in [0.717, 1.165) is 20.9 Å². The van der Waals surface area contributed by atoms with Crippen molar-refractivity contribution < 1.29 is 13.2 Å². The van der Waals surface area contributed by atoms with Crippen molar-refractivity contribution in [1.82, 2.24) is 19.6 Å². The van der Waals surface area contributed by atoms with Crippen LogP contribution in [-0.4, -0.2) is 42.2 Å². The third kappa shape index (κ3) is 4.17. The van der Waals surface area contributed by atoms with E-state index in [0.29, 0.717) is 5.82 Å². The molecular weight excluding hydrogens is 364 g/mol. The van der Waals surface area contributed by atoms with Crippen LogP contribution in [0.2, 0.25) is 0 Å². The molecule has 0 unspecified atom stereocenters. The lowest BCUT2D eigenvalue weighted by Crippen LogP contribution is -2.39. The van der Waals surface area contributed by atoms with Gasteiger partial charge in [0.2, 0.25) is 15.9 Å². The number of aromatic nitrogens is 2. The van der Waals surface area contributed by atoms with Crippen LogP contribution in [0, 0.1) is 6.92 Å². The number of carbonyl (C=O) groups excluding carboxylic acids is 1. The van der Waals surface area contributed by atoms with Gasteiger partial charge in [0.25, 0.3) is 0 Å². The Morgan fingerprint density at radius 2 is 1.85 bits per heavy atom. The molecule has 0 radical (unpaired) electrons. The maximum atomic E-state index is 12.6.